The molecular weight excluding hydrogens is 238 g/mol. The maximum atomic E-state index is 11.3. The van der Waals surface area contributed by atoms with Gasteiger partial charge in [-0.15, -0.1) is 0 Å². The molecule has 1 amide bonds. The van der Waals surface area contributed by atoms with E-state index in [1.165, 1.54) is 12.4 Å². The van der Waals surface area contributed by atoms with Crippen LogP contribution in [0.15, 0.2) is 12.4 Å². The van der Waals surface area contributed by atoms with Gasteiger partial charge in [0.2, 0.25) is 0 Å². The summed E-state index contributed by atoms with van der Waals surface area (Å²) in [5.74, 6) is 0. The summed E-state index contributed by atoms with van der Waals surface area (Å²) >= 11 is 0. The zero-order chi connectivity index (χ0) is 13.8. The molecule has 0 spiro atoms. The lowest BCUT2D eigenvalue weighted by molar-refractivity contribution is 0.0129. The number of aromatic nitrogens is 2. The Bertz CT molecular complexity index is 372. The Hall–Kier alpha value is -1.60. The van der Waals surface area contributed by atoms with Crippen molar-refractivity contribution < 1.29 is 19.7 Å². The van der Waals surface area contributed by atoms with E-state index in [1.54, 1.807) is 20.8 Å². The van der Waals surface area contributed by atoms with Crippen LogP contribution in [0.2, 0.25) is 0 Å². The molecule has 2 unspecified atom stereocenters. The summed E-state index contributed by atoms with van der Waals surface area (Å²) < 4.78 is 5.00. The van der Waals surface area contributed by atoms with Crippen molar-refractivity contribution in [2.24, 2.45) is 0 Å². The van der Waals surface area contributed by atoms with Gasteiger partial charge >= 0.3 is 6.09 Å². The van der Waals surface area contributed by atoms with Crippen LogP contribution < -0.4 is 5.32 Å². The molecule has 102 valence electrons. The van der Waals surface area contributed by atoms with E-state index in [-0.39, 0.29) is 6.54 Å². The Kier molecular flexibility index (Phi) is 4.69. The van der Waals surface area contributed by atoms with Crippen molar-refractivity contribution in [3.63, 3.8) is 0 Å². The minimum Gasteiger partial charge on any atom is -0.444 e. The fraction of sp³-hybridized carbons (Fsp3) is 0.636. The summed E-state index contributed by atoms with van der Waals surface area (Å²) in [6, 6.07) is 0. The molecule has 7 heteroatoms. The van der Waals surface area contributed by atoms with E-state index >= 15 is 0 Å². The third-order valence-electron chi connectivity index (χ3n) is 2.08. The van der Waals surface area contributed by atoms with Crippen LogP contribution in [0.5, 0.6) is 0 Å². The molecule has 0 aliphatic rings. The van der Waals surface area contributed by atoms with Crippen LogP contribution in [0.1, 0.15) is 32.4 Å². The van der Waals surface area contributed by atoms with E-state index in [9.17, 15) is 15.0 Å². The summed E-state index contributed by atoms with van der Waals surface area (Å²) in [6.45, 7) is 5.11. The lowest BCUT2D eigenvalue weighted by atomic mass is 10.1. The van der Waals surface area contributed by atoms with Crippen molar-refractivity contribution in [3.8, 4) is 0 Å². The smallest absolute Gasteiger partial charge is 0.407 e. The summed E-state index contributed by atoms with van der Waals surface area (Å²) in [4.78, 5) is 11.3. The molecule has 4 N–H and O–H groups in total. The molecule has 0 saturated carbocycles. The van der Waals surface area contributed by atoms with Gasteiger partial charge in [0.1, 0.15) is 17.8 Å². The fourth-order valence-electron chi connectivity index (χ4n) is 1.26. The molecule has 0 bridgehead atoms. The molecule has 1 aromatic rings. The van der Waals surface area contributed by atoms with Crippen LogP contribution in [0, 0.1) is 0 Å². The standard InChI is InChI=1S/C11H19N3O4/c1-11(2,3)18-10(17)12-6-8(15)9(16)7-4-13-14-5-7/h4-5,8-9,15-16H,6H2,1-3H3,(H,12,17)(H,13,14). The molecular formula is C11H19N3O4. The highest BCUT2D eigenvalue weighted by atomic mass is 16.6. The predicted octanol–water partition coefficient (Wildman–Crippen LogP) is 0.329. The van der Waals surface area contributed by atoms with E-state index in [2.05, 4.69) is 15.5 Å². The molecule has 1 aromatic heterocycles. The number of amides is 1. The van der Waals surface area contributed by atoms with Crippen LogP contribution >= 0.6 is 0 Å². The quantitative estimate of drug-likeness (QED) is 0.621. The highest BCUT2D eigenvalue weighted by Gasteiger charge is 2.21. The molecule has 2 atom stereocenters. The summed E-state index contributed by atoms with van der Waals surface area (Å²) in [7, 11) is 0. The average Bonchev–Trinajstić information content (AvgIpc) is 2.75. The number of aliphatic hydroxyl groups is 2. The third-order valence-corrected chi connectivity index (χ3v) is 2.08. The molecule has 1 rings (SSSR count). The van der Waals surface area contributed by atoms with Crippen molar-refractivity contribution in [1.82, 2.24) is 15.5 Å². The van der Waals surface area contributed by atoms with Gasteiger partial charge in [-0.05, 0) is 20.8 Å². The second-order valence-corrected chi connectivity index (χ2v) is 4.93. The lowest BCUT2D eigenvalue weighted by Crippen LogP contribution is -2.38. The van der Waals surface area contributed by atoms with E-state index in [0.29, 0.717) is 5.56 Å². The number of carbonyl (C=O) groups excluding carboxylic acids is 1. The molecule has 0 radical (unpaired) electrons. The van der Waals surface area contributed by atoms with E-state index < -0.39 is 23.9 Å². The maximum Gasteiger partial charge on any atom is 0.407 e. The number of rotatable bonds is 4. The van der Waals surface area contributed by atoms with Gasteiger partial charge in [0.25, 0.3) is 0 Å². The van der Waals surface area contributed by atoms with Crippen LogP contribution in [0.3, 0.4) is 0 Å². The number of H-pyrrole nitrogens is 1. The molecule has 0 aromatic carbocycles. The minimum absolute atomic E-state index is 0.110. The fourth-order valence-corrected chi connectivity index (χ4v) is 1.26. The van der Waals surface area contributed by atoms with Gasteiger partial charge in [0.05, 0.1) is 6.20 Å². The van der Waals surface area contributed by atoms with Crippen LogP contribution in [0.4, 0.5) is 4.79 Å². The summed E-state index contributed by atoms with van der Waals surface area (Å²) in [5, 5.41) is 28.0. The lowest BCUT2D eigenvalue weighted by Gasteiger charge is -2.21. The first-order valence-electron chi connectivity index (χ1n) is 5.61. The Morgan fingerprint density at radius 1 is 1.56 bits per heavy atom. The second-order valence-electron chi connectivity index (χ2n) is 4.93. The number of nitrogens with one attached hydrogen (secondary N) is 2. The minimum atomic E-state index is -1.13. The third kappa shape index (κ3) is 4.72. The summed E-state index contributed by atoms with van der Waals surface area (Å²) in [6.07, 6.45) is -0.00216. The molecule has 7 nitrogen and oxygen atoms in total. The molecule has 0 aliphatic carbocycles. The summed E-state index contributed by atoms with van der Waals surface area (Å²) in [5.41, 5.74) is -0.147. The Morgan fingerprint density at radius 3 is 2.72 bits per heavy atom. The number of hydrogen-bond acceptors (Lipinski definition) is 5. The maximum absolute atomic E-state index is 11.3. The number of aliphatic hydroxyl groups excluding tert-OH is 2. The number of ether oxygens (including phenoxy) is 1. The number of hydrogen-bond donors (Lipinski definition) is 4. The van der Waals surface area contributed by atoms with Gasteiger partial charge in [-0.25, -0.2) is 4.79 Å². The molecule has 0 aliphatic heterocycles. The first-order valence-corrected chi connectivity index (χ1v) is 5.61. The highest BCUT2D eigenvalue weighted by Crippen LogP contribution is 2.14. The molecule has 18 heavy (non-hydrogen) atoms. The zero-order valence-electron chi connectivity index (χ0n) is 10.7. The van der Waals surface area contributed by atoms with Crippen molar-refractivity contribution in [1.29, 1.82) is 0 Å². The van der Waals surface area contributed by atoms with Gasteiger partial charge in [0, 0.05) is 18.3 Å². The molecule has 1 heterocycles. The second kappa shape index (κ2) is 5.83. The van der Waals surface area contributed by atoms with Crippen molar-refractivity contribution in [3.05, 3.63) is 18.0 Å². The first kappa shape index (κ1) is 14.5. The van der Waals surface area contributed by atoms with Crippen molar-refractivity contribution in [2.45, 2.75) is 38.6 Å². The van der Waals surface area contributed by atoms with E-state index in [0.717, 1.165) is 0 Å². The predicted molar refractivity (Wildman–Crippen MR) is 63.8 cm³/mol. The van der Waals surface area contributed by atoms with E-state index in [1.807, 2.05) is 0 Å². The van der Waals surface area contributed by atoms with Crippen LogP contribution in [-0.4, -0.2) is 44.8 Å². The van der Waals surface area contributed by atoms with E-state index in [4.69, 9.17) is 4.74 Å². The SMILES string of the molecule is CC(C)(C)OC(=O)NCC(O)C(O)c1cn[nH]c1. The first-order chi connectivity index (χ1) is 8.29. The average molecular weight is 257 g/mol. The van der Waals surface area contributed by atoms with Crippen LogP contribution in [-0.2, 0) is 4.74 Å². The molecule has 0 fully saturated rings. The van der Waals surface area contributed by atoms with Gasteiger partial charge in [-0.3, -0.25) is 5.10 Å². The normalized spacial score (nSPS) is 14.9. The molecule has 0 saturated heterocycles. The number of nitrogens with zero attached hydrogens (tertiary/aromatic N) is 1. The van der Waals surface area contributed by atoms with Crippen LogP contribution in [0.25, 0.3) is 0 Å². The number of aromatic amines is 1. The monoisotopic (exact) mass is 257 g/mol. The Morgan fingerprint density at radius 2 is 2.22 bits per heavy atom. The number of carbonyl (C=O) groups is 1. The highest BCUT2D eigenvalue weighted by molar-refractivity contribution is 5.67. The Balaban J connectivity index is 2.37. The van der Waals surface area contributed by atoms with Gasteiger partial charge in [-0.1, -0.05) is 0 Å². The largest absolute Gasteiger partial charge is 0.444 e. The zero-order valence-corrected chi connectivity index (χ0v) is 10.7. The Labute approximate surface area is 105 Å². The number of alkyl carbamates (subject to hydrolysis) is 1. The van der Waals surface area contributed by atoms with Crippen molar-refractivity contribution >= 4 is 6.09 Å². The van der Waals surface area contributed by atoms with Gasteiger partial charge < -0.3 is 20.3 Å². The van der Waals surface area contributed by atoms with Crippen molar-refractivity contribution in [2.75, 3.05) is 6.54 Å². The van der Waals surface area contributed by atoms with Gasteiger partial charge in [0.15, 0.2) is 0 Å². The topological polar surface area (TPSA) is 107 Å². The van der Waals surface area contributed by atoms with Gasteiger partial charge in [-0.2, -0.15) is 5.10 Å².